The Morgan fingerprint density at radius 2 is 1.92 bits per heavy atom. The lowest BCUT2D eigenvalue weighted by atomic mass is 9.93. The number of imidazole rings is 1. The molecule has 0 bridgehead atoms. The lowest BCUT2D eigenvalue weighted by molar-refractivity contribution is 0.0705. The topological polar surface area (TPSA) is 63.9 Å². The summed E-state index contributed by atoms with van der Waals surface area (Å²) in [6.07, 6.45) is 10.7. The molecule has 6 heteroatoms. The van der Waals surface area contributed by atoms with E-state index in [0.717, 1.165) is 36.5 Å². The predicted molar refractivity (Wildman–Crippen MR) is 93.5 cm³/mol. The van der Waals surface area contributed by atoms with E-state index in [9.17, 15) is 4.79 Å². The maximum atomic E-state index is 12.8. The van der Waals surface area contributed by atoms with Gasteiger partial charge in [-0.3, -0.25) is 14.3 Å². The van der Waals surface area contributed by atoms with Crippen molar-refractivity contribution in [3.05, 3.63) is 72.7 Å². The van der Waals surface area contributed by atoms with Crippen molar-refractivity contribution < 1.29 is 4.79 Å². The molecule has 1 atom stereocenters. The molecule has 1 unspecified atom stereocenters. The standard InChI is InChI=1S/C19H19N5O/c25-19(15-5-2-1-3-6-15)23-11-4-7-16(13-23)17-18(22-9-8-21-17)24-12-10-20-14-24/h1-3,5-6,8-10,12,14,16H,4,7,11,13H2. The quantitative estimate of drug-likeness (QED) is 0.739. The summed E-state index contributed by atoms with van der Waals surface area (Å²) in [7, 11) is 0. The number of piperidine rings is 1. The first-order chi connectivity index (χ1) is 12.3. The average Bonchev–Trinajstić information content (AvgIpc) is 3.23. The molecule has 4 rings (SSSR count). The molecule has 1 fully saturated rings. The number of carbonyl (C=O) groups is 1. The van der Waals surface area contributed by atoms with E-state index in [1.165, 1.54) is 0 Å². The second-order valence-corrected chi connectivity index (χ2v) is 6.19. The third-order valence-electron chi connectivity index (χ3n) is 4.57. The molecular weight excluding hydrogens is 314 g/mol. The molecule has 0 N–H and O–H groups in total. The van der Waals surface area contributed by atoms with Gasteiger partial charge in [0, 0.05) is 49.4 Å². The van der Waals surface area contributed by atoms with Gasteiger partial charge in [-0.05, 0) is 25.0 Å². The van der Waals surface area contributed by atoms with Gasteiger partial charge in [-0.1, -0.05) is 18.2 Å². The van der Waals surface area contributed by atoms with Gasteiger partial charge >= 0.3 is 0 Å². The highest BCUT2D eigenvalue weighted by Crippen LogP contribution is 2.29. The van der Waals surface area contributed by atoms with Crippen LogP contribution in [0.25, 0.3) is 5.82 Å². The summed E-state index contributed by atoms with van der Waals surface area (Å²) in [6.45, 7) is 1.44. The highest BCUT2D eigenvalue weighted by atomic mass is 16.2. The molecule has 25 heavy (non-hydrogen) atoms. The van der Waals surface area contributed by atoms with Crippen molar-refractivity contribution in [2.24, 2.45) is 0 Å². The van der Waals surface area contributed by atoms with Gasteiger partial charge in [0.2, 0.25) is 0 Å². The largest absolute Gasteiger partial charge is 0.338 e. The van der Waals surface area contributed by atoms with Crippen molar-refractivity contribution in [2.45, 2.75) is 18.8 Å². The van der Waals surface area contributed by atoms with E-state index in [1.54, 1.807) is 24.9 Å². The van der Waals surface area contributed by atoms with Crippen LogP contribution in [0.1, 0.15) is 34.8 Å². The highest BCUT2D eigenvalue weighted by molar-refractivity contribution is 5.94. The van der Waals surface area contributed by atoms with Crippen molar-refractivity contribution in [1.82, 2.24) is 24.4 Å². The van der Waals surface area contributed by atoms with Gasteiger partial charge in [-0.15, -0.1) is 0 Å². The third-order valence-corrected chi connectivity index (χ3v) is 4.57. The fourth-order valence-corrected chi connectivity index (χ4v) is 3.36. The number of rotatable bonds is 3. The Labute approximate surface area is 146 Å². The number of carbonyl (C=O) groups excluding carboxylic acids is 1. The monoisotopic (exact) mass is 333 g/mol. The van der Waals surface area contributed by atoms with E-state index in [1.807, 2.05) is 46.0 Å². The number of nitrogens with zero attached hydrogens (tertiary/aromatic N) is 5. The fraction of sp³-hybridized carbons (Fsp3) is 0.263. The van der Waals surface area contributed by atoms with Gasteiger partial charge in [0.25, 0.3) is 5.91 Å². The van der Waals surface area contributed by atoms with E-state index >= 15 is 0 Å². The minimum absolute atomic E-state index is 0.0818. The number of benzene rings is 1. The van der Waals surface area contributed by atoms with Crippen LogP contribution in [0, 0.1) is 0 Å². The second kappa shape index (κ2) is 6.84. The van der Waals surface area contributed by atoms with E-state index in [2.05, 4.69) is 15.0 Å². The molecular formula is C19H19N5O. The fourth-order valence-electron chi connectivity index (χ4n) is 3.36. The zero-order valence-electron chi connectivity index (χ0n) is 13.8. The van der Waals surface area contributed by atoms with Crippen LogP contribution in [0.15, 0.2) is 61.4 Å². The van der Waals surface area contributed by atoms with Crippen LogP contribution in [0.5, 0.6) is 0 Å². The lowest BCUT2D eigenvalue weighted by Gasteiger charge is -2.33. The molecule has 3 aromatic rings. The minimum Gasteiger partial charge on any atom is -0.338 e. The summed E-state index contributed by atoms with van der Waals surface area (Å²) in [6, 6.07) is 9.45. The number of hydrogen-bond acceptors (Lipinski definition) is 4. The van der Waals surface area contributed by atoms with Crippen LogP contribution in [0.3, 0.4) is 0 Å². The molecule has 1 aromatic carbocycles. The Morgan fingerprint density at radius 3 is 2.72 bits per heavy atom. The van der Waals surface area contributed by atoms with Crippen LogP contribution in [0.2, 0.25) is 0 Å². The van der Waals surface area contributed by atoms with Crippen molar-refractivity contribution in [3.8, 4) is 5.82 Å². The van der Waals surface area contributed by atoms with Gasteiger partial charge in [-0.2, -0.15) is 0 Å². The van der Waals surface area contributed by atoms with Crippen LogP contribution >= 0.6 is 0 Å². The van der Waals surface area contributed by atoms with Gasteiger partial charge < -0.3 is 4.90 Å². The molecule has 126 valence electrons. The third kappa shape index (κ3) is 3.15. The van der Waals surface area contributed by atoms with Crippen LogP contribution in [-0.2, 0) is 0 Å². The molecule has 0 radical (unpaired) electrons. The average molecular weight is 333 g/mol. The van der Waals surface area contributed by atoms with Gasteiger partial charge in [0.1, 0.15) is 6.33 Å². The first kappa shape index (κ1) is 15.5. The van der Waals surface area contributed by atoms with Crippen LogP contribution in [0.4, 0.5) is 0 Å². The number of likely N-dealkylation sites (tertiary alicyclic amines) is 1. The molecule has 1 amide bonds. The molecule has 0 aliphatic carbocycles. The molecule has 0 spiro atoms. The van der Waals surface area contributed by atoms with Crippen molar-refractivity contribution in [2.75, 3.05) is 13.1 Å². The van der Waals surface area contributed by atoms with Gasteiger partial charge in [0.05, 0.1) is 5.69 Å². The van der Waals surface area contributed by atoms with Crippen molar-refractivity contribution >= 4 is 5.91 Å². The Morgan fingerprint density at radius 1 is 1.08 bits per heavy atom. The molecule has 1 aliphatic heterocycles. The van der Waals surface area contributed by atoms with E-state index in [-0.39, 0.29) is 11.8 Å². The summed E-state index contributed by atoms with van der Waals surface area (Å²) in [5.41, 5.74) is 1.66. The smallest absolute Gasteiger partial charge is 0.253 e. The Balaban J connectivity index is 1.59. The molecule has 6 nitrogen and oxygen atoms in total. The molecule has 1 saturated heterocycles. The summed E-state index contributed by atoms with van der Waals surface area (Å²) in [4.78, 5) is 27.8. The highest BCUT2D eigenvalue weighted by Gasteiger charge is 2.28. The Hall–Kier alpha value is -3.02. The SMILES string of the molecule is O=C(c1ccccc1)N1CCCC(c2nccnc2-n2ccnc2)C1. The maximum absolute atomic E-state index is 12.8. The number of hydrogen-bond donors (Lipinski definition) is 0. The molecule has 2 aromatic heterocycles. The molecule has 0 saturated carbocycles. The first-order valence-corrected chi connectivity index (χ1v) is 8.46. The minimum atomic E-state index is 0.0818. The summed E-state index contributed by atoms with van der Waals surface area (Å²) < 4.78 is 1.88. The van der Waals surface area contributed by atoms with Crippen molar-refractivity contribution in [1.29, 1.82) is 0 Å². The summed E-state index contributed by atoms with van der Waals surface area (Å²) in [5.74, 6) is 1.05. The summed E-state index contributed by atoms with van der Waals surface area (Å²) in [5, 5.41) is 0. The zero-order chi connectivity index (χ0) is 17.1. The van der Waals surface area contributed by atoms with Crippen LogP contribution < -0.4 is 0 Å². The van der Waals surface area contributed by atoms with Gasteiger partial charge in [-0.25, -0.2) is 9.97 Å². The maximum Gasteiger partial charge on any atom is 0.253 e. The van der Waals surface area contributed by atoms with E-state index in [0.29, 0.717) is 6.54 Å². The normalized spacial score (nSPS) is 17.4. The predicted octanol–water partition coefficient (Wildman–Crippen LogP) is 2.68. The molecule has 3 heterocycles. The van der Waals surface area contributed by atoms with Gasteiger partial charge in [0.15, 0.2) is 5.82 Å². The number of amides is 1. The number of aromatic nitrogens is 4. The molecule has 1 aliphatic rings. The van der Waals surface area contributed by atoms with Crippen LogP contribution in [-0.4, -0.2) is 43.4 Å². The zero-order valence-corrected chi connectivity index (χ0v) is 13.8. The first-order valence-electron chi connectivity index (χ1n) is 8.46. The Bertz CT molecular complexity index is 847. The lowest BCUT2D eigenvalue weighted by Crippen LogP contribution is -2.39. The van der Waals surface area contributed by atoms with E-state index in [4.69, 9.17) is 0 Å². The Kier molecular flexibility index (Phi) is 4.24. The van der Waals surface area contributed by atoms with Crippen molar-refractivity contribution in [3.63, 3.8) is 0 Å². The van der Waals surface area contributed by atoms with E-state index < -0.39 is 0 Å². The summed E-state index contributed by atoms with van der Waals surface area (Å²) >= 11 is 0. The second-order valence-electron chi connectivity index (χ2n) is 6.19.